The molecule has 1 saturated heterocycles. The van der Waals surface area contributed by atoms with Gasteiger partial charge in [-0.2, -0.15) is 0 Å². The molecule has 1 aromatic rings. The number of halogens is 1. The Bertz CT molecular complexity index is 500. The molecule has 2 rings (SSSR count). The van der Waals surface area contributed by atoms with Crippen LogP contribution >= 0.6 is 0 Å². The molecule has 0 bridgehead atoms. The minimum atomic E-state index is -0.482. The lowest BCUT2D eigenvalue weighted by Gasteiger charge is -2.35. The van der Waals surface area contributed by atoms with E-state index in [2.05, 4.69) is 10.2 Å². The van der Waals surface area contributed by atoms with Crippen LogP contribution < -0.4 is 11.1 Å². The average Bonchev–Trinajstić information content (AvgIpc) is 2.40. The first kappa shape index (κ1) is 15.7. The quantitative estimate of drug-likeness (QED) is 0.832. The summed E-state index contributed by atoms with van der Waals surface area (Å²) in [6, 6.07) is 4.17. The number of anilines is 2. The van der Waals surface area contributed by atoms with Gasteiger partial charge in [0.05, 0.1) is 17.9 Å². The molecular formula is C15H22FN3O2. The summed E-state index contributed by atoms with van der Waals surface area (Å²) >= 11 is 0. The maximum absolute atomic E-state index is 13.0. The van der Waals surface area contributed by atoms with Gasteiger partial charge in [0.1, 0.15) is 5.82 Å². The SMILES string of the molecule is CC1CN(CCC(=O)Nc2ccc(F)c(N)c2)CC(C)O1. The van der Waals surface area contributed by atoms with Gasteiger partial charge in [-0.1, -0.05) is 0 Å². The van der Waals surface area contributed by atoms with Crippen LogP contribution in [-0.4, -0.2) is 42.6 Å². The Morgan fingerprint density at radius 3 is 2.71 bits per heavy atom. The first-order valence-electron chi connectivity index (χ1n) is 7.16. The summed E-state index contributed by atoms with van der Waals surface area (Å²) < 4.78 is 18.7. The van der Waals surface area contributed by atoms with E-state index in [0.29, 0.717) is 18.7 Å². The molecule has 1 aromatic carbocycles. The van der Waals surface area contributed by atoms with E-state index in [1.165, 1.54) is 18.2 Å². The number of ether oxygens (including phenoxy) is 1. The van der Waals surface area contributed by atoms with Gasteiger partial charge in [0.2, 0.25) is 5.91 Å². The molecule has 0 spiro atoms. The number of amides is 1. The fraction of sp³-hybridized carbons (Fsp3) is 0.533. The van der Waals surface area contributed by atoms with E-state index in [-0.39, 0.29) is 23.8 Å². The third-order valence-electron chi connectivity index (χ3n) is 3.43. The van der Waals surface area contributed by atoms with Crippen molar-refractivity contribution >= 4 is 17.3 Å². The molecule has 5 nitrogen and oxygen atoms in total. The molecule has 0 radical (unpaired) electrons. The molecular weight excluding hydrogens is 273 g/mol. The van der Waals surface area contributed by atoms with Gasteiger partial charge in [0.25, 0.3) is 0 Å². The number of morpholine rings is 1. The Hall–Kier alpha value is -1.66. The van der Waals surface area contributed by atoms with E-state index in [4.69, 9.17) is 10.5 Å². The van der Waals surface area contributed by atoms with E-state index in [9.17, 15) is 9.18 Å². The van der Waals surface area contributed by atoms with Crippen molar-refractivity contribution in [2.24, 2.45) is 0 Å². The first-order valence-corrected chi connectivity index (χ1v) is 7.16. The van der Waals surface area contributed by atoms with Crippen molar-refractivity contribution in [1.29, 1.82) is 0 Å². The molecule has 0 aliphatic carbocycles. The summed E-state index contributed by atoms with van der Waals surface area (Å²) in [5.41, 5.74) is 6.02. The fourth-order valence-electron chi connectivity index (χ4n) is 2.57. The number of hydrogen-bond acceptors (Lipinski definition) is 4. The highest BCUT2D eigenvalue weighted by Gasteiger charge is 2.22. The van der Waals surface area contributed by atoms with E-state index >= 15 is 0 Å². The highest BCUT2D eigenvalue weighted by atomic mass is 19.1. The molecule has 6 heteroatoms. The lowest BCUT2D eigenvalue weighted by atomic mass is 10.2. The number of benzene rings is 1. The van der Waals surface area contributed by atoms with Crippen molar-refractivity contribution < 1.29 is 13.9 Å². The number of nitrogens with one attached hydrogen (secondary N) is 1. The molecule has 0 saturated carbocycles. The number of carbonyl (C=O) groups excluding carboxylic acids is 1. The molecule has 1 amide bonds. The monoisotopic (exact) mass is 295 g/mol. The summed E-state index contributed by atoms with van der Waals surface area (Å²) in [6.45, 7) is 6.41. The van der Waals surface area contributed by atoms with Gasteiger partial charge in [0, 0.05) is 31.7 Å². The van der Waals surface area contributed by atoms with Crippen molar-refractivity contribution in [3.8, 4) is 0 Å². The maximum Gasteiger partial charge on any atom is 0.225 e. The third kappa shape index (κ3) is 4.68. The van der Waals surface area contributed by atoms with E-state index in [0.717, 1.165) is 13.1 Å². The Morgan fingerprint density at radius 2 is 2.10 bits per heavy atom. The summed E-state index contributed by atoms with van der Waals surface area (Å²) in [7, 11) is 0. The van der Waals surface area contributed by atoms with Crippen molar-refractivity contribution in [2.75, 3.05) is 30.7 Å². The van der Waals surface area contributed by atoms with Crippen molar-refractivity contribution in [3.05, 3.63) is 24.0 Å². The standard InChI is InChI=1S/C15H22FN3O2/c1-10-8-19(9-11(2)21-10)6-5-15(20)18-12-3-4-13(16)14(17)7-12/h3-4,7,10-11H,5-6,8-9,17H2,1-2H3,(H,18,20). The predicted octanol–water partition coefficient (Wildman–Crippen LogP) is 1.85. The van der Waals surface area contributed by atoms with Crippen LogP contribution in [0.25, 0.3) is 0 Å². The van der Waals surface area contributed by atoms with Gasteiger partial charge in [-0.05, 0) is 32.0 Å². The van der Waals surface area contributed by atoms with Crippen LogP contribution in [0.1, 0.15) is 20.3 Å². The van der Waals surface area contributed by atoms with Crippen LogP contribution in [0.4, 0.5) is 15.8 Å². The fourth-order valence-corrected chi connectivity index (χ4v) is 2.57. The molecule has 1 aliphatic rings. The van der Waals surface area contributed by atoms with Crippen LogP contribution in [0.15, 0.2) is 18.2 Å². The lowest BCUT2D eigenvalue weighted by molar-refractivity contribution is -0.117. The summed E-state index contributed by atoms with van der Waals surface area (Å²) in [6.07, 6.45) is 0.763. The van der Waals surface area contributed by atoms with Gasteiger partial charge >= 0.3 is 0 Å². The second-order valence-corrected chi connectivity index (χ2v) is 5.55. The lowest BCUT2D eigenvalue weighted by Crippen LogP contribution is -2.46. The molecule has 0 aromatic heterocycles. The Labute approximate surface area is 124 Å². The Balaban J connectivity index is 1.80. The van der Waals surface area contributed by atoms with Crippen molar-refractivity contribution in [2.45, 2.75) is 32.5 Å². The molecule has 21 heavy (non-hydrogen) atoms. The highest BCUT2D eigenvalue weighted by Crippen LogP contribution is 2.16. The van der Waals surface area contributed by atoms with E-state index in [1.807, 2.05) is 13.8 Å². The van der Waals surface area contributed by atoms with Crippen LogP contribution in [0.5, 0.6) is 0 Å². The summed E-state index contributed by atoms with van der Waals surface area (Å²) in [5, 5.41) is 2.73. The average molecular weight is 295 g/mol. The topological polar surface area (TPSA) is 67.6 Å². The number of hydrogen-bond donors (Lipinski definition) is 2. The van der Waals surface area contributed by atoms with Crippen LogP contribution in [0.2, 0.25) is 0 Å². The molecule has 1 fully saturated rings. The van der Waals surface area contributed by atoms with Gasteiger partial charge in [0.15, 0.2) is 0 Å². The summed E-state index contributed by atoms with van der Waals surface area (Å²) in [5.74, 6) is -0.586. The first-order chi connectivity index (χ1) is 9.94. The molecule has 1 aliphatic heterocycles. The normalized spacial score (nSPS) is 23.0. The molecule has 3 N–H and O–H groups in total. The number of carbonyl (C=O) groups is 1. The Kier molecular flexibility index (Phi) is 5.14. The summed E-state index contributed by atoms with van der Waals surface area (Å²) in [4.78, 5) is 14.1. The van der Waals surface area contributed by atoms with Crippen molar-refractivity contribution in [3.63, 3.8) is 0 Å². The second-order valence-electron chi connectivity index (χ2n) is 5.55. The van der Waals surface area contributed by atoms with Crippen molar-refractivity contribution in [1.82, 2.24) is 4.90 Å². The number of rotatable bonds is 4. The zero-order valence-electron chi connectivity index (χ0n) is 12.4. The minimum absolute atomic E-state index is 0.0311. The molecule has 2 atom stereocenters. The number of nitrogens with zero attached hydrogens (tertiary/aromatic N) is 1. The zero-order chi connectivity index (χ0) is 15.4. The van der Waals surface area contributed by atoms with Gasteiger partial charge in [-0.3, -0.25) is 9.69 Å². The largest absolute Gasteiger partial charge is 0.396 e. The van der Waals surface area contributed by atoms with E-state index < -0.39 is 5.82 Å². The molecule has 116 valence electrons. The van der Waals surface area contributed by atoms with Crippen LogP contribution in [-0.2, 0) is 9.53 Å². The number of nitrogens with two attached hydrogens (primary N) is 1. The van der Waals surface area contributed by atoms with Crippen LogP contribution in [0.3, 0.4) is 0 Å². The van der Waals surface area contributed by atoms with Crippen LogP contribution in [0, 0.1) is 5.82 Å². The van der Waals surface area contributed by atoms with Gasteiger partial charge in [-0.25, -0.2) is 4.39 Å². The number of nitrogen functional groups attached to an aromatic ring is 1. The van der Waals surface area contributed by atoms with Gasteiger partial charge in [-0.15, -0.1) is 0 Å². The zero-order valence-corrected chi connectivity index (χ0v) is 12.4. The highest BCUT2D eigenvalue weighted by molar-refractivity contribution is 5.91. The molecule has 2 unspecified atom stereocenters. The van der Waals surface area contributed by atoms with Gasteiger partial charge < -0.3 is 15.8 Å². The second kappa shape index (κ2) is 6.87. The maximum atomic E-state index is 13.0. The Morgan fingerprint density at radius 1 is 1.43 bits per heavy atom. The molecule has 1 heterocycles. The smallest absolute Gasteiger partial charge is 0.225 e. The van der Waals surface area contributed by atoms with E-state index in [1.54, 1.807) is 0 Å². The third-order valence-corrected chi connectivity index (χ3v) is 3.43. The predicted molar refractivity (Wildman–Crippen MR) is 80.5 cm³/mol. The minimum Gasteiger partial charge on any atom is -0.396 e.